The predicted octanol–water partition coefficient (Wildman–Crippen LogP) is 1.90. The molecular formula is C6H8Cl2N2. The molecule has 0 spiro atoms. The highest BCUT2D eigenvalue weighted by Gasteiger charge is 2.05. The van der Waals surface area contributed by atoms with Gasteiger partial charge >= 0.3 is 0 Å². The van der Waals surface area contributed by atoms with E-state index >= 15 is 0 Å². The molecule has 1 aromatic heterocycles. The van der Waals surface area contributed by atoms with Gasteiger partial charge in [-0.15, -0.1) is 23.2 Å². The molecule has 1 aromatic rings. The molecule has 56 valence electrons. The first-order valence-corrected chi connectivity index (χ1v) is 4.04. The predicted molar refractivity (Wildman–Crippen MR) is 42.7 cm³/mol. The Balaban J connectivity index is 2.64. The summed E-state index contributed by atoms with van der Waals surface area (Å²) in [5.41, 5.74) is 0. The largest absolute Gasteiger partial charge is 0.332 e. The van der Waals surface area contributed by atoms with Gasteiger partial charge in [-0.25, -0.2) is 4.98 Å². The van der Waals surface area contributed by atoms with Crippen molar-refractivity contribution in [1.29, 1.82) is 0 Å². The van der Waals surface area contributed by atoms with Gasteiger partial charge in [0.1, 0.15) is 0 Å². The molecule has 10 heavy (non-hydrogen) atoms. The van der Waals surface area contributed by atoms with Crippen molar-refractivity contribution in [3.63, 3.8) is 0 Å². The summed E-state index contributed by atoms with van der Waals surface area (Å²) >= 11 is 11.3. The molecule has 0 fully saturated rings. The summed E-state index contributed by atoms with van der Waals surface area (Å²) in [6.07, 6.45) is 5.29. The van der Waals surface area contributed by atoms with Gasteiger partial charge in [-0.05, 0) is 0 Å². The Hall–Kier alpha value is -0.210. The minimum atomic E-state index is 0.172. The van der Waals surface area contributed by atoms with E-state index in [9.17, 15) is 0 Å². The highest BCUT2D eigenvalue weighted by Crippen LogP contribution is 2.09. The molecule has 0 unspecified atom stereocenters. The van der Waals surface area contributed by atoms with E-state index in [0.717, 1.165) is 0 Å². The van der Waals surface area contributed by atoms with Gasteiger partial charge in [0.2, 0.25) is 0 Å². The normalized spacial score (nSPS) is 10.7. The quantitative estimate of drug-likeness (QED) is 0.648. The van der Waals surface area contributed by atoms with Gasteiger partial charge in [0.25, 0.3) is 0 Å². The topological polar surface area (TPSA) is 17.8 Å². The number of imidazole rings is 1. The number of nitrogens with zero attached hydrogens (tertiary/aromatic N) is 2. The molecular weight excluding hydrogens is 171 g/mol. The van der Waals surface area contributed by atoms with Crippen LogP contribution in [0.4, 0.5) is 0 Å². The summed E-state index contributed by atoms with van der Waals surface area (Å²) in [7, 11) is 0. The molecule has 0 radical (unpaired) electrons. The van der Waals surface area contributed by atoms with Crippen molar-refractivity contribution in [1.82, 2.24) is 9.55 Å². The summed E-state index contributed by atoms with van der Waals surface area (Å²) in [5, 5.41) is 0. The second kappa shape index (κ2) is 3.84. The van der Waals surface area contributed by atoms with Gasteiger partial charge in [-0.3, -0.25) is 0 Å². The lowest BCUT2D eigenvalue weighted by Gasteiger charge is -2.10. The molecule has 0 bridgehead atoms. The zero-order valence-corrected chi connectivity index (χ0v) is 6.89. The van der Waals surface area contributed by atoms with Crippen LogP contribution in [0.15, 0.2) is 18.7 Å². The standard InChI is InChI=1S/C6H8Cl2N2/c7-3-6(4-8)10-2-1-9-5-10/h1-2,5-6H,3-4H2. The van der Waals surface area contributed by atoms with Crippen LogP contribution in [0.5, 0.6) is 0 Å². The fourth-order valence-electron chi connectivity index (χ4n) is 0.686. The van der Waals surface area contributed by atoms with Crippen molar-refractivity contribution >= 4 is 23.2 Å². The summed E-state index contributed by atoms with van der Waals surface area (Å²) < 4.78 is 1.90. The molecule has 2 nitrogen and oxygen atoms in total. The molecule has 0 aliphatic heterocycles. The van der Waals surface area contributed by atoms with E-state index in [1.54, 1.807) is 12.5 Å². The average molecular weight is 179 g/mol. The number of alkyl halides is 2. The Labute approximate surface area is 69.8 Å². The molecule has 0 aliphatic rings. The minimum Gasteiger partial charge on any atom is -0.332 e. The summed E-state index contributed by atoms with van der Waals surface area (Å²) in [6.45, 7) is 0. The molecule has 0 atom stereocenters. The van der Waals surface area contributed by atoms with E-state index < -0.39 is 0 Å². The highest BCUT2D eigenvalue weighted by molar-refractivity contribution is 6.21. The molecule has 0 N–H and O–H groups in total. The molecule has 0 amide bonds. The maximum Gasteiger partial charge on any atom is 0.0949 e. The molecule has 0 aliphatic carbocycles. The Morgan fingerprint density at radius 2 is 2.10 bits per heavy atom. The Kier molecular flexibility index (Phi) is 3.03. The van der Waals surface area contributed by atoms with E-state index in [0.29, 0.717) is 11.8 Å². The maximum atomic E-state index is 5.63. The van der Waals surface area contributed by atoms with Crippen LogP contribution in [0.1, 0.15) is 6.04 Å². The Morgan fingerprint density at radius 1 is 1.40 bits per heavy atom. The SMILES string of the molecule is ClCC(CCl)n1ccnc1. The molecule has 0 saturated heterocycles. The number of aromatic nitrogens is 2. The lowest BCUT2D eigenvalue weighted by atomic mass is 10.4. The lowest BCUT2D eigenvalue weighted by molar-refractivity contribution is 0.612. The van der Waals surface area contributed by atoms with Crippen molar-refractivity contribution in [2.24, 2.45) is 0 Å². The van der Waals surface area contributed by atoms with Crippen LogP contribution in [0.2, 0.25) is 0 Å². The van der Waals surface area contributed by atoms with Gasteiger partial charge in [-0.2, -0.15) is 0 Å². The maximum absolute atomic E-state index is 5.63. The zero-order chi connectivity index (χ0) is 7.40. The van der Waals surface area contributed by atoms with Crippen LogP contribution in [0, 0.1) is 0 Å². The summed E-state index contributed by atoms with van der Waals surface area (Å²) in [6, 6.07) is 0.172. The van der Waals surface area contributed by atoms with E-state index in [4.69, 9.17) is 23.2 Å². The van der Waals surface area contributed by atoms with Crippen molar-refractivity contribution in [3.05, 3.63) is 18.7 Å². The Morgan fingerprint density at radius 3 is 2.50 bits per heavy atom. The summed E-state index contributed by atoms with van der Waals surface area (Å²) in [5.74, 6) is 1.06. The number of hydrogen-bond acceptors (Lipinski definition) is 1. The minimum absolute atomic E-state index is 0.172. The van der Waals surface area contributed by atoms with Crippen LogP contribution in [-0.4, -0.2) is 21.3 Å². The molecule has 1 rings (SSSR count). The first-order valence-electron chi connectivity index (χ1n) is 2.98. The first kappa shape index (κ1) is 7.89. The van der Waals surface area contributed by atoms with Crippen molar-refractivity contribution in [3.8, 4) is 0 Å². The van der Waals surface area contributed by atoms with E-state index in [2.05, 4.69) is 4.98 Å². The van der Waals surface area contributed by atoms with Crippen LogP contribution >= 0.6 is 23.2 Å². The van der Waals surface area contributed by atoms with Crippen molar-refractivity contribution in [2.45, 2.75) is 6.04 Å². The van der Waals surface area contributed by atoms with Gasteiger partial charge < -0.3 is 4.57 Å². The second-order valence-electron chi connectivity index (χ2n) is 1.97. The zero-order valence-electron chi connectivity index (χ0n) is 5.37. The Bertz CT molecular complexity index is 170. The third-order valence-corrected chi connectivity index (χ3v) is 2.02. The van der Waals surface area contributed by atoms with Gasteiger partial charge in [0, 0.05) is 24.2 Å². The van der Waals surface area contributed by atoms with Crippen LogP contribution in [0.3, 0.4) is 0 Å². The fourth-order valence-corrected chi connectivity index (χ4v) is 1.33. The van der Waals surface area contributed by atoms with E-state index in [1.165, 1.54) is 0 Å². The second-order valence-corrected chi connectivity index (χ2v) is 2.59. The number of halogens is 2. The number of rotatable bonds is 3. The van der Waals surface area contributed by atoms with Gasteiger partial charge in [0.15, 0.2) is 0 Å². The van der Waals surface area contributed by atoms with Crippen LogP contribution in [-0.2, 0) is 0 Å². The van der Waals surface area contributed by atoms with Crippen LogP contribution in [0.25, 0.3) is 0 Å². The lowest BCUT2D eigenvalue weighted by Crippen LogP contribution is -2.09. The smallest absolute Gasteiger partial charge is 0.0949 e. The van der Waals surface area contributed by atoms with E-state index in [-0.39, 0.29) is 6.04 Å². The molecule has 4 heteroatoms. The molecule has 0 aromatic carbocycles. The first-order chi connectivity index (χ1) is 4.88. The highest BCUT2D eigenvalue weighted by atomic mass is 35.5. The molecule has 1 heterocycles. The monoisotopic (exact) mass is 178 g/mol. The third kappa shape index (κ3) is 1.64. The number of hydrogen-bond donors (Lipinski definition) is 0. The van der Waals surface area contributed by atoms with Crippen molar-refractivity contribution in [2.75, 3.05) is 11.8 Å². The summed E-state index contributed by atoms with van der Waals surface area (Å²) in [4.78, 5) is 3.88. The average Bonchev–Trinajstić information content (AvgIpc) is 2.43. The molecule has 0 saturated carbocycles. The van der Waals surface area contributed by atoms with Crippen molar-refractivity contribution < 1.29 is 0 Å². The third-order valence-electron chi connectivity index (χ3n) is 1.30. The van der Waals surface area contributed by atoms with Crippen LogP contribution < -0.4 is 0 Å². The van der Waals surface area contributed by atoms with Gasteiger partial charge in [-0.1, -0.05) is 0 Å². The van der Waals surface area contributed by atoms with Gasteiger partial charge in [0.05, 0.1) is 12.4 Å². The van der Waals surface area contributed by atoms with E-state index in [1.807, 2.05) is 10.8 Å². The fraction of sp³-hybridized carbons (Fsp3) is 0.500.